The fourth-order valence-electron chi connectivity index (χ4n) is 1.82. The van der Waals surface area contributed by atoms with E-state index in [-0.39, 0.29) is 0 Å². The molecule has 72 valence electrons. The maximum absolute atomic E-state index is 4.06. The van der Waals surface area contributed by atoms with Crippen LogP contribution in [0.25, 0.3) is 0 Å². The molecule has 0 amide bonds. The number of hydrogen-bond donors (Lipinski definition) is 1. The monoisotopic (exact) mass is 180 g/mol. The molecule has 2 rings (SSSR count). The fourth-order valence-corrected chi connectivity index (χ4v) is 1.82. The van der Waals surface area contributed by atoms with Gasteiger partial charge in [0.15, 0.2) is 0 Å². The quantitative estimate of drug-likeness (QED) is 0.743. The Morgan fingerprint density at radius 2 is 2.00 bits per heavy atom. The zero-order valence-corrected chi connectivity index (χ0v) is 7.87. The highest BCUT2D eigenvalue weighted by Crippen LogP contribution is 2.11. The highest BCUT2D eigenvalue weighted by molar-refractivity contribution is 4.90. The molecule has 0 atom stereocenters. The number of aromatic amines is 1. The summed E-state index contributed by atoms with van der Waals surface area (Å²) in [5.74, 6) is 0. The first-order valence-corrected chi connectivity index (χ1v) is 5.02. The lowest BCUT2D eigenvalue weighted by Gasteiger charge is -2.17. The van der Waals surface area contributed by atoms with Crippen molar-refractivity contribution in [2.24, 2.45) is 0 Å². The molecule has 0 saturated carbocycles. The Kier molecular flexibility index (Phi) is 2.92. The van der Waals surface area contributed by atoms with E-state index in [0.29, 0.717) is 0 Å². The van der Waals surface area contributed by atoms with E-state index in [1.165, 1.54) is 38.8 Å². The predicted molar refractivity (Wildman–Crippen MR) is 50.1 cm³/mol. The van der Waals surface area contributed by atoms with Crippen molar-refractivity contribution in [3.63, 3.8) is 0 Å². The van der Waals surface area contributed by atoms with E-state index in [2.05, 4.69) is 20.3 Å². The molecule has 13 heavy (non-hydrogen) atoms. The van der Waals surface area contributed by atoms with Crippen LogP contribution < -0.4 is 0 Å². The van der Waals surface area contributed by atoms with Crippen molar-refractivity contribution in [3.05, 3.63) is 11.9 Å². The van der Waals surface area contributed by atoms with Crippen LogP contribution in [-0.4, -0.2) is 33.4 Å². The van der Waals surface area contributed by atoms with Gasteiger partial charge >= 0.3 is 0 Å². The summed E-state index contributed by atoms with van der Waals surface area (Å²) in [6.45, 7) is 3.39. The maximum Gasteiger partial charge on any atom is 0.0964 e. The first kappa shape index (κ1) is 8.69. The third-order valence-electron chi connectivity index (χ3n) is 2.55. The highest BCUT2D eigenvalue weighted by Gasteiger charge is 2.09. The molecule has 1 aromatic heterocycles. The van der Waals surface area contributed by atoms with Gasteiger partial charge in [0.1, 0.15) is 0 Å². The van der Waals surface area contributed by atoms with Gasteiger partial charge in [0.2, 0.25) is 0 Å². The molecular formula is C9H16N4. The van der Waals surface area contributed by atoms with Gasteiger partial charge in [-0.2, -0.15) is 15.4 Å². The lowest BCUT2D eigenvalue weighted by Crippen LogP contribution is -2.24. The average molecular weight is 180 g/mol. The number of aromatic nitrogens is 3. The molecule has 4 nitrogen and oxygen atoms in total. The number of rotatable bonds is 2. The molecule has 0 aliphatic carbocycles. The largest absolute Gasteiger partial charge is 0.297 e. The predicted octanol–water partition coefficient (Wildman–Crippen LogP) is 1.18. The Bertz CT molecular complexity index is 224. The molecule has 1 saturated heterocycles. The Hall–Kier alpha value is -0.900. The van der Waals surface area contributed by atoms with E-state index >= 15 is 0 Å². The number of likely N-dealkylation sites (tertiary alicyclic amines) is 1. The van der Waals surface area contributed by atoms with Gasteiger partial charge in [-0.3, -0.25) is 4.90 Å². The minimum Gasteiger partial charge on any atom is -0.297 e. The van der Waals surface area contributed by atoms with Gasteiger partial charge < -0.3 is 0 Å². The summed E-state index contributed by atoms with van der Waals surface area (Å²) in [6.07, 6.45) is 7.24. The van der Waals surface area contributed by atoms with Crippen molar-refractivity contribution in [1.82, 2.24) is 20.3 Å². The van der Waals surface area contributed by atoms with Crippen LogP contribution in [0.15, 0.2) is 6.20 Å². The average Bonchev–Trinajstić information content (AvgIpc) is 2.49. The van der Waals surface area contributed by atoms with Crippen LogP contribution in [0.1, 0.15) is 31.4 Å². The van der Waals surface area contributed by atoms with Gasteiger partial charge in [-0.25, -0.2) is 0 Å². The maximum atomic E-state index is 4.06. The summed E-state index contributed by atoms with van der Waals surface area (Å²) < 4.78 is 0. The summed E-state index contributed by atoms with van der Waals surface area (Å²) >= 11 is 0. The van der Waals surface area contributed by atoms with Crippen LogP contribution in [-0.2, 0) is 6.54 Å². The molecule has 4 heteroatoms. The Morgan fingerprint density at radius 3 is 2.62 bits per heavy atom. The molecule has 0 spiro atoms. The van der Waals surface area contributed by atoms with Crippen molar-refractivity contribution in [2.75, 3.05) is 13.1 Å². The van der Waals surface area contributed by atoms with Crippen molar-refractivity contribution in [3.8, 4) is 0 Å². The summed E-state index contributed by atoms with van der Waals surface area (Å²) in [7, 11) is 0. The van der Waals surface area contributed by atoms with Gasteiger partial charge in [0.25, 0.3) is 0 Å². The van der Waals surface area contributed by atoms with Gasteiger partial charge in [-0.1, -0.05) is 12.8 Å². The molecule has 1 N–H and O–H groups in total. The smallest absolute Gasteiger partial charge is 0.0964 e. The van der Waals surface area contributed by atoms with E-state index in [0.717, 1.165) is 12.2 Å². The van der Waals surface area contributed by atoms with E-state index in [4.69, 9.17) is 0 Å². The van der Waals surface area contributed by atoms with Gasteiger partial charge in [-0.05, 0) is 25.9 Å². The molecule has 2 heterocycles. The zero-order valence-electron chi connectivity index (χ0n) is 7.87. The summed E-state index contributed by atoms with van der Waals surface area (Å²) in [4.78, 5) is 2.46. The van der Waals surface area contributed by atoms with E-state index < -0.39 is 0 Å². The zero-order chi connectivity index (χ0) is 8.93. The second-order valence-corrected chi connectivity index (χ2v) is 3.65. The fraction of sp³-hybridized carbons (Fsp3) is 0.778. The summed E-state index contributed by atoms with van der Waals surface area (Å²) in [5.41, 5.74) is 1.06. The van der Waals surface area contributed by atoms with Gasteiger partial charge in [-0.15, -0.1) is 0 Å². The van der Waals surface area contributed by atoms with Crippen molar-refractivity contribution < 1.29 is 0 Å². The summed E-state index contributed by atoms with van der Waals surface area (Å²) in [5, 5.41) is 10.5. The summed E-state index contributed by atoms with van der Waals surface area (Å²) in [6, 6.07) is 0. The standard InChI is InChI=1S/C9H16N4/c1-2-4-6-13(5-3-1)8-9-7-10-12-11-9/h7H,1-6,8H2,(H,10,11,12). The van der Waals surface area contributed by atoms with E-state index in [9.17, 15) is 0 Å². The lowest BCUT2D eigenvalue weighted by molar-refractivity contribution is 0.273. The second-order valence-electron chi connectivity index (χ2n) is 3.65. The normalized spacial score (nSPS) is 20.0. The lowest BCUT2D eigenvalue weighted by atomic mass is 10.2. The number of hydrogen-bond acceptors (Lipinski definition) is 3. The minimum atomic E-state index is 0.955. The SMILES string of the molecule is c1n[nH]nc1CN1CCCCCC1. The Morgan fingerprint density at radius 1 is 1.23 bits per heavy atom. The molecular weight excluding hydrogens is 164 g/mol. The van der Waals surface area contributed by atoms with E-state index in [1.54, 1.807) is 0 Å². The first-order chi connectivity index (χ1) is 6.45. The topological polar surface area (TPSA) is 44.8 Å². The molecule has 1 aliphatic rings. The van der Waals surface area contributed by atoms with Crippen LogP contribution in [0.4, 0.5) is 0 Å². The molecule has 0 bridgehead atoms. The molecule has 0 radical (unpaired) electrons. The molecule has 0 unspecified atom stereocenters. The van der Waals surface area contributed by atoms with Crippen LogP contribution in [0.3, 0.4) is 0 Å². The van der Waals surface area contributed by atoms with Crippen LogP contribution >= 0.6 is 0 Å². The Labute approximate surface area is 78.3 Å². The Balaban J connectivity index is 1.86. The van der Waals surface area contributed by atoms with Gasteiger partial charge in [0, 0.05) is 6.54 Å². The van der Waals surface area contributed by atoms with Crippen LogP contribution in [0.2, 0.25) is 0 Å². The third kappa shape index (κ3) is 2.52. The number of nitrogens with one attached hydrogen (secondary N) is 1. The first-order valence-electron chi connectivity index (χ1n) is 5.02. The van der Waals surface area contributed by atoms with Crippen LogP contribution in [0, 0.1) is 0 Å². The van der Waals surface area contributed by atoms with Crippen molar-refractivity contribution in [1.29, 1.82) is 0 Å². The highest BCUT2D eigenvalue weighted by atomic mass is 15.3. The number of nitrogens with zero attached hydrogens (tertiary/aromatic N) is 3. The molecule has 0 aromatic carbocycles. The molecule has 1 aliphatic heterocycles. The van der Waals surface area contributed by atoms with Gasteiger partial charge in [0.05, 0.1) is 11.9 Å². The van der Waals surface area contributed by atoms with Crippen molar-refractivity contribution >= 4 is 0 Å². The minimum absolute atomic E-state index is 0.955. The molecule has 1 fully saturated rings. The second kappa shape index (κ2) is 4.37. The number of H-pyrrole nitrogens is 1. The van der Waals surface area contributed by atoms with Crippen molar-refractivity contribution in [2.45, 2.75) is 32.2 Å². The van der Waals surface area contributed by atoms with E-state index in [1.807, 2.05) is 6.20 Å². The molecule has 1 aromatic rings. The van der Waals surface area contributed by atoms with Crippen LogP contribution in [0.5, 0.6) is 0 Å². The third-order valence-corrected chi connectivity index (χ3v) is 2.55.